The third-order valence-corrected chi connectivity index (χ3v) is 6.39. The number of carboxylic acids is 1. The van der Waals surface area contributed by atoms with Gasteiger partial charge in [-0.05, 0) is 13.3 Å². The monoisotopic (exact) mass is 342 g/mol. The van der Waals surface area contributed by atoms with Crippen LogP contribution in [0.5, 0.6) is 0 Å². The van der Waals surface area contributed by atoms with Crippen LogP contribution in [0.2, 0.25) is 0 Å². The number of aliphatic carboxylic acids is 1. The summed E-state index contributed by atoms with van der Waals surface area (Å²) in [6.45, 7) is 4.49. The van der Waals surface area contributed by atoms with Gasteiger partial charge in [0.2, 0.25) is 5.91 Å². The van der Waals surface area contributed by atoms with Gasteiger partial charge in [0.05, 0.1) is 30.8 Å². The van der Waals surface area contributed by atoms with E-state index in [1.165, 1.54) is 16.7 Å². The van der Waals surface area contributed by atoms with Gasteiger partial charge in [0, 0.05) is 22.6 Å². The molecule has 0 spiro atoms. The first kappa shape index (κ1) is 16.8. The molecule has 3 aliphatic rings. The van der Waals surface area contributed by atoms with Crippen LogP contribution < -0.4 is 5.73 Å². The standard InChI is InChI=1S/C15H22N2O5S/c1-6-11-10(7(2)18)14(19)17(11)12(15(20)21)13(6)23-9-3-8(4-16)22-5-9/h6-11,18H,3-5,16H2,1-2H3,(H,20,21)/t6-,7-,8+,9+,10-,11?/m1/s1. The van der Waals surface area contributed by atoms with Gasteiger partial charge in [0.25, 0.3) is 0 Å². The highest BCUT2D eigenvalue weighted by atomic mass is 32.2. The summed E-state index contributed by atoms with van der Waals surface area (Å²) in [6, 6.07) is -0.260. The van der Waals surface area contributed by atoms with Crippen molar-refractivity contribution in [2.75, 3.05) is 13.2 Å². The number of aliphatic hydroxyl groups excluding tert-OH is 1. The number of thioether (sulfide) groups is 1. The van der Waals surface area contributed by atoms with Gasteiger partial charge in [-0.3, -0.25) is 4.79 Å². The van der Waals surface area contributed by atoms with E-state index in [0.717, 1.165) is 6.42 Å². The maximum atomic E-state index is 12.2. The maximum absolute atomic E-state index is 12.2. The Kier molecular flexibility index (Phi) is 4.43. The normalized spacial score (nSPS) is 37.8. The van der Waals surface area contributed by atoms with Crippen LogP contribution in [-0.4, -0.2) is 63.6 Å². The molecule has 0 bridgehead atoms. The molecule has 8 heteroatoms. The Labute approximate surface area is 138 Å². The van der Waals surface area contributed by atoms with Crippen molar-refractivity contribution in [1.82, 2.24) is 4.90 Å². The minimum atomic E-state index is -1.09. The molecule has 23 heavy (non-hydrogen) atoms. The van der Waals surface area contributed by atoms with Crippen LogP contribution in [0.4, 0.5) is 0 Å². The molecular weight excluding hydrogens is 320 g/mol. The third-order valence-electron chi connectivity index (χ3n) is 4.91. The van der Waals surface area contributed by atoms with E-state index in [1.807, 2.05) is 6.92 Å². The van der Waals surface area contributed by atoms with E-state index in [2.05, 4.69) is 0 Å². The highest BCUT2D eigenvalue weighted by Crippen LogP contribution is 2.51. The van der Waals surface area contributed by atoms with Crippen molar-refractivity contribution >= 4 is 23.6 Å². The molecule has 1 amide bonds. The van der Waals surface area contributed by atoms with Crippen LogP contribution in [-0.2, 0) is 14.3 Å². The van der Waals surface area contributed by atoms with E-state index in [4.69, 9.17) is 10.5 Å². The van der Waals surface area contributed by atoms with Gasteiger partial charge >= 0.3 is 5.97 Å². The predicted molar refractivity (Wildman–Crippen MR) is 84.4 cm³/mol. The topological polar surface area (TPSA) is 113 Å². The first-order chi connectivity index (χ1) is 10.9. The minimum absolute atomic E-state index is 0.0157. The molecule has 3 rings (SSSR count). The molecule has 2 saturated heterocycles. The third kappa shape index (κ3) is 2.57. The number of amides is 1. The second-order valence-corrected chi connectivity index (χ2v) is 7.78. The van der Waals surface area contributed by atoms with E-state index in [9.17, 15) is 19.8 Å². The number of carboxylic acid groups (broad SMARTS) is 1. The lowest BCUT2D eigenvalue weighted by molar-refractivity contribution is -0.163. The van der Waals surface area contributed by atoms with Crippen LogP contribution in [0.15, 0.2) is 10.6 Å². The summed E-state index contributed by atoms with van der Waals surface area (Å²) in [5, 5.41) is 19.5. The molecule has 128 valence electrons. The second-order valence-electron chi connectivity index (χ2n) is 6.44. The van der Waals surface area contributed by atoms with Gasteiger partial charge in [-0.25, -0.2) is 4.79 Å². The Balaban J connectivity index is 1.83. The summed E-state index contributed by atoms with van der Waals surface area (Å²) in [5.74, 6) is -2.00. The number of ether oxygens (including phenoxy) is 1. The Bertz CT molecular complexity index is 564. The summed E-state index contributed by atoms with van der Waals surface area (Å²) in [6.07, 6.45) is 0.0203. The fourth-order valence-electron chi connectivity index (χ4n) is 3.78. The summed E-state index contributed by atoms with van der Waals surface area (Å²) < 4.78 is 5.57. The lowest BCUT2D eigenvalue weighted by Gasteiger charge is -2.46. The van der Waals surface area contributed by atoms with E-state index < -0.39 is 18.0 Å². The van der Waals surface area contributed by atoms with Crippen LogP contribution in [0.1, 0.15) is 20.3 Å². The molecule has 0 saturated carbocycles. The number of nitrogens with two attached hydrogens (primary N) is 1. The Morgan fingerprint density at radius 3 is 2.78 bits per heavy atom. The van der Waals surface area contributed by atoms with Gasteiger partial charge in [-0.2, -0.15) is 0 Å². The van der Waals surface area contributed by atoms with E-state index >= 15 is 0 Å². The number of aliphatic hydroxyl groups is 1. The molecule has 2 fully saturated rings. The van der Waals surface area contributed by atoms with Crippen molar-refractivity contribution in [3.05, 3.63) is 10.6 Å². The summed E-state index contributed by atoms with van der Waals surface area (Å²) in [7, 11) is 0. The van der Waals surface area contributed by atoms with Crippen LogP contribution in [0.3, 0.4) is 0 Å². The summed E-state index contributed by atoms with van der Waals surface area (Å²) in [4.78, 5) is 26.0. The van der Waals surface area contributed by atoms with Crippen molar-refractivity contribution in [2.45, 2.75) is 43.8 Å². The first-order valence-electron chi connectivity index (χ1n) is 7.83. The number of nitrogens with zero attached hydrogens (tertiary/aromatic N) is 1. The first-order valence-corrected chi connectivity index (χ1v) is 8.71. The zero-order valence-electron chi connectivity index (χ0n) is 13.1. The van der Waals surface area contributed by atoms with E-state index in [-0.39, 0.29) is 34.9 Å². The SMILES string of the molecule is C[C@H]1C(S[C@@H]2CO[C@H](CN)C2)=C(C(=O)O)N2C(=O)[C@H]([C@@H](C)O)C12. The van der Waals surface area contributed by atoms with Gasteiger partial charge in [-0.15, -0.1) is 11.8 Å². The smallest absolute Gasteiger partial charge is 0.353 e. The fraction of sp³-hybridized carbons (Fsp3) is 0.733. The Morgan fingerprint density at radius 2 is 2.26 bits per heavy atom. The molecule has 0 aromatic rings. The fourth-order valence-corrected chi connectivity index (χ4v) is 5.25. The van der Waals surface area contributed by atoms with Crippen molar-refractivity contribution < 1.29 is 24.5 Å². The minimum Gasteiger partial charge on any atom is -0.477 e. The Morgan fingerprint density at radius 1 is 1.57 bits per heavy atom. The zero-order chi connectivity index (χ0) is 16.9. The number of carbonyl (C=O) groups excluding carboxylic acids is 1. The van der Waals surface area contributed by atoms with Crippen LogP contribution in [0.25, 0.3) is 0 Å². The molecule has 3 aliphatic heterocycles. The number of carbonyl (C=O) groups is 2. The molecule has 1 unspecified atom stereocenters. The Hall–Kier alpha value is -1.09. The number of hydrogen-bond acceptors (Lipinski definition) is 6. The predicted octanol–water partition coefficient (Wildman–Crippen LogP) is -0.0105. The maximum Gasteiger partial charge on any atom is 0.353 e. The average molecular weight is 342 g/mol. The van der Waals surface area contributed by atoms with Gasteiger partial charge in [-0.1, -0.05) is 6.92 Å². The van der Waals surface area contributed by atoms with Gasteiger partial charge in [0.15, 0.2) is 0 Å². The van der Waals surface area contributed by atoms with Crippen molar-refractivity contribution in [3.63, 3.8) is 0 Å². The van der Waals surface area contributed by atoms with Crippen molar-refractivity contribution in [2.24, 2.45) is 17.6 Å². The largest absolute Gasteiger partial charge is 0.477 e. The lowest BCUT2D eigenvalue weighted by Crippen LogP contribution is -2.63. The quantitative estimate of drug-likeness (QED) is 0.602. The second kappa shape index (κ2) is 6.08. The molecular formula is C15H22N2O5S. The lowest BCUT2D eigenvalue weighted by atomic mass is 9.79. The highest BCUT2D eigenvalue weighted by Gasteiger charge is 2.60. The molecule has 0 aromatic carbocycles. The summed E-state index contributed by atoms with van der Waals surface area (Å²) >= 11 is 1.48. The van der Waals surface area contributed by atoms with Crippen LogP contribution >= 0.6 is 11.8 Å². The molecule has 0 radical (unpaired) electrons. The van der Waals surface area contributed by atoms with Crippen molar-refractivity contribution in [1.29, 1.82) is 0 Å². The highest BCUT2D eigenvalue weighted by molar-refractivity contribution is 8.03. The molecule has 7 nitrogen and oxygen atoms in total. The van der Waals surface area contributed by atoms with Gasteiger partial charge in [0.1, 0.15) is 5.70 Å². The molecule has 4 N–H and O–H groups in total. The van der Waals surface area contributed by atoms with Crippen LogP contribution in [0, 0.1) is 11.8 Å². The summed E-state index contributed by atoms with van der Waals surface area (Å²) in [5.41, 5.74) is 5.68. The number of hydrogen-bond donors (Lipinski definition) is 3. The average Bonchev–Trinajstić information content (AvgIpc) is 3.02. The van der Waals surface area contributed by atoms with E-state index in [0.29, 0.717) is 18.1 Å². The zero-order valence-corrected chi connectivity index (χ0v) is 14.0. The molecule has 0 aromatic heterocycles. The number of fused-ring (bicyclic) bond motifs is 1. The van der Waals surface area contributed by atoms with Crippen molar-refractivity contribution in [3.8, 4) is 0 Å². The number of rotatable bonds is 5. The van der Waals surface area contributed by atoms with E-state index in [1.54, 1.807) is 6.92 Å². The van der Waals surface area contributed by atoms with Gasteiger partial charge < -0.3 is 25.6 Å². The molecule has 3 heterocycles. The molecule has 0 aliphatic carbocycles. The molecule has 6 atom stereocenters. The number of β-lactam (4-membered cyclic amide) rings is 1.